The maximum absolute atomic E-state index is 14.6. The predicted molar refractivity (Wildman–Crippen MR) is 177 cm³/mol. The van der Waals surface area contributed by atoms with Crippen molar-refractivity contribution in [2.45, 2.75) is 57.6 Å². The number of esters is 1. The second kappa shape index (κ2) is 14.8. The Bertz CT molecular complexity index is 1660. The summed E-state index contributed by atoms with van der Waals surface area (Å²) in [6, 6.07) is 21.2. The number of benzene rings is 3. The molecule has 250 valence electrons. The Labute approximate surface area is 280 Å². The molecule has 3 aromatic rings. The van der Waals surface area contributed by atoms with Gasteiger partial charge in [-0.2, -0.15) is 0 Å². The van der Waals surface area contributed by atoms with Crippen molar-refractivity contribution in [2.75, 3.05) is 26.7 Å². The van der Waals surface area contributed by atoms with Crippen LogP contribution in [0.15, 0.2) is 72.8 Å². The maximum Gasteiger partial charge on any atom is 0.310 e. The van der Waals surface area contributed by atoms with Crippen LogP contribution >= 0.6 is 0 Å². The summed E-state index contributed by atoms with van der Waals surface area (Å²) in [7, 11) is 1.59. The molecule has 1 unspecified atom stereocenters. The van der Waals surface area contributed by atoms with Gasteiger partial charge in [-0.15, -0.1) is 0 Å². The monoisotopic (exact) mass is 651 g/mol. The van der Waals surface area contributed by atoms with Crippen molar-refractivity contribution in [2.24, 2.45) is 11.8 Å². The molecule has 0 spiro atoms. The molecule has 0 radical (unpaired) electrons. The summed E-state index contributed by atoms with van der Waals surface area (Å²) >= 11 is 0. The molecule has 1 aliphatic carbocycles. The molecule has 1 saturated carbocycles. The van der Waals surface area contributed by atoms with Crippen molar-refractivity contribution in [3.05, 3.63) is 101 Å². The van der Waals surface area contributed by atoms with Crippen molar-refractivity contribution in [1.29, 1.82) is 0 Å². The standard InChI is InChI=1S/C38H41N3O7/c1-39-33(42)19-10-22-47-32-18-9-13-26-20-21-40(31(34(26)32)23-41-36(44)27-14-5-6-15-28(27)37(41)45)35(43)29-16-7-8-17-30(29)38(46)48-24-25-11-3-2-4-12-25/h2-6,9,11-15,18,29-31H,7-8,10,16-17,19-24H2,1H3,(H,39,42)/t29-,30+,31?/m1/s1. The summed E-state index contributed by atoms with van der Waals surface area (Å²) < 4.78 is 12.0. The van der Waals surface area contributed by atoms with E-state index in [2.05, 4.69) is 5.32 Å². The number of nitrogens with zero attached hydrogens (tertiary/aromatic N) is 2. The summed E-state index contributed by atoms with van der Waals surface area (Å²) in [5.41, 5.74) is 3.26. The highest BCUT2D eigenvalue weighted by molar-refractivity contribution is 6.21. The van der Waals surface area contributed by atoms with E-state index >= 15 is 0 Å². The zero-order valence-corrected chi connectivity index (χ0v) is 27.2. The Hall–Kier alpha value is -4.99. The smallest absolute Gasteiger partial charge is 0.310 e. The van der Waals surface area contributed by atoms with Gasteiger partial charge in [-0.25, -0.2) is 0 Å². The second-order valence-electron chi connectivity index (χ2n) is 12.6. The minimum Gasteiger partial charge on any atom is -0.493 e. The van der Waals surface area contributed by atoms with Crippen LogP contribution in [0.3, 0.4) is 0 Å². The van der Waals surface area contributed by atoms with Gasteiger partial charge in [-0.1, -0.05) is 67.4 Å². The molecule has 3 aromatic carbocycles. The van der Waals surface area contributed by atoms with E-state index in [1.165, 1.54) is 4.90 Å². The number of carbonyl (C=O) groups excluding carboxylic acids is 5. The lowest BCUT2D eigenvalue weighted by molar-refractivity contribution is -0.159. The second-order valence-corrected chi connectivity index (χ2v) is 12.6. The number of carbonyl (C=O) groups is 5. The SMILES string of the molecule is CNC(=O)CCCOc1cccc2c1C(CN1C(=O)c3ccccc3C1=O)N(C(=O)[C@@H]1CCCC[C@@H]1C(=O)OCc1ccccc1)CC2. The molecule has 0 bridgehead atoms. The molecule has 10 nitrogen and oxygen atoms in total. The third kappa shape index (κ3) is 6.83. The van der Waals surface area contributed by atoms with Crippen LogP contribution in [0.4, 0.5) is 0 Å². The third-order valence-corrected chi connectivity index (χ3v) is 9.70. The summed E-state index contributed by atoms with van der Waals surface area (Å²) in [4.78, 5) is 70.0. The van der Waals surface area contributed by atoms with Gasteiger partial charge in [-0.3, -0.25) is 28.9 Å². The number of hydrogen-bond acceptors (Lipinski definition) is 7. The first-order valence-electron chi connectivity index (χ1n) is 16.8. The van der Waals surface area contributed by atoms with Crippen molar-refractivity contribution in [3.63, 3.8) is 0 Å². The minimum atomic E-state index is -0.693. The lowest BCUT2D eigenvalue weighted by atomic mass is 9.77. The van der Waals surface area contributed by atoms with Crippen LogP contribution in [0.2, 0.25) is 0 Å². The van der Waals surface area contributed by atoms with Crippen LogP contribution in [-0.4, -0.2) is 66.1 Å². The molecule has 0 saturated heterocycles. The van der Waals surface area contributed by atoms with Crippen molar-refractivity contribution in [3.8, 4) is 5.75 Å². The Morgan fingerprint density at radius 1 is 0.854 bits per heavy atom. The molecule has 3 atom stereocenters. The zero-order valence-electron chi connectivity index (χ0n) is 27.2. The molecule has 1 fully saturated rings. The van der Waals surface area contributed by atoms with Crippen molar-refractivity contribution >= 4 is 29.6 Å². The van der Waals surface area contributed by atoms with Crippen molar-refractivity contribution in [1.82, 2.24) is 15.1 Å². The average Bonchev–Trinajstić information content (AvgIpc) is 3.37. The van der Waals surface area contributed by atoms with Gasteiger partial charge >= 0.3 is 5.97 Å². The summed E-state index contributed by atoms with van der Waals surface area (Å²) in [5.74, 6) is -2.09. The van der Waals surface area contributed by atoms with E-state index in [1.54, 1.807) is 36.2 Å². The molecule has 3 aliphatic rings. The first kappa shape index (κ1) is 32.9. The van der Waals surface area contributed by atoms with Gasteiger partial charge in [0, 0.05) is 25.6 Å². The lowest BCUT2D eigenvalue weighted by Gasteiger charge is -2.42. The first-order valence-corrected chi connectivity index (χ1v) is 16.8. The maximum atomic E-state index is 14.6. The van der Waals surface area contributed by atoms with Crippen molar-refractivity contribution < 1.29 is 33.4 Å². The van der Waals surface area contributed by atoms with Crippen LogP contribution in [0.25, 0.3) is 0 Å². The molecule has 10 heteroatoms. The summed E-state index contributed by atoms with van der Waals surface area (Å²) in [5, 5.41) is 2.61. The lowest BCUT2D eigenvalue weighted by Crippen LogP contribution is -2.50. The molecular formula is C38H41N3O7. The number of fused-ring (bicyclic) bond motifs is 2. The largest absolute Gasteiger partial charge is 0.493 e. The molecule has 2 heterocycles. The topological polar surface area (TPSA) is 122 Å². The molecule has 6 rings (SSSR count). The van der Waals surface area contributed by atoms with Gasteiger partial charge < -0.3 is 19.7 Å². The highest BCUT2D eigenvalue weighted by atomic mass is 16.5. The molecule has 2 aliphatic heterocycles. The van der Waals surface area contributed by atoms with Gasteiger partial charge in [0.2, 0.25) is 11.8 Å². The number of hydrogen-bond donors (Lipinski definition) is 1. The quantitative estimate of drug-likeness (QED) is 0.179. The number of rotatable bonds is 11. The molecule has 1 N–H and O–H groups in total. The van der Waals surface area contributed by atoms with Gasteiger partial charge in [0.15, 0.2) is 0 Å². The average molecular weight is 652 g/mol. The number of imide groups is 1. The van der Waals surface area contributed by atoms with Gasteiger partial charge in [0.05, 0.1) is 42.2 Å². The Balaban J connectivity index is 1.29. The normalized spacial score (nSPS) is 20.1. The van der Waals surface area contributed by atoms with Gasteiger partial charge in [0.25, 0.3) is 11.8 Å². The number of amides is 4. The third-order valence-electron chi connectivity index (χ3n) is 9.70. The predicted octanol–water partition coefficient (Wildman–Crippen LogP) is 4.86. The fraction of sp³-hybridized carbons (Fsp3) is 0.395. The fourth-order valence-corrected chi connectivity index (χ4v) is 7.19. The fourth-order valence-electron chi connectivity index (χ4n) is 7.19. The van der Waals surface area contributed by atoms with E-state index < -0.39 is 29.7 Å². The van der Waals surface area contributed by atoms with E-state index in [4.69, 9.17) is 9.47 Å². The molecule has 0 aromatic heterocycles. The van der Waals surface area contributed by atoms with Crippen LogP contribution in [0.1, 0.15) is 82.0 Å². The van der Waals surface area contributed by atoms with E-state index in [9.17, 15) is 24.0 Å². The van der Waals surface area contributed by atoms with E-state index in [-0.39, 0.29) is 37.5 Å². The Morgan fingerprint density at radius 3 is 2.25 bits per heavy atom. The van der Waals surface area contributed by atoms with Crippen LogP contribution < -0.4 is 10.1 Å². The van der Waals surface area contributed by atoms with E-state index in [1.807, 2.05) is 48.5 Å². The zero-order chi connectivity index (χ0) is 33.6. The Morgan fingerprint density at radius 2 is 1.54 bits per heavy atom. The molecule has 48 heavy (non-hydrogen) atoms. The van der Waals surface area contributed by atoms with Crippen LogP contribution in [-0.2, 0) is 32.1 Å². The minimum absolute atomic E-state index is 0.0560. The van der Waals surface area contributed by atoms with Gasteiger partial charge in [0.1, 0.15) is 12.4 Å². The molecule has 4 amide bonds. The molecular weight excluding hydrogens is 610 g/mol. The number of ether oxygens (including phenoxy) is 2. The Kier molecular flexibility index (Phi) is 10.2. The van der Waals surface area contributed by atoms with Crippen LogP contribution in [0.5, 0.6) is 5.75 Å². The summed E-state index contributed by atoms with van der Waals surface area (Å²) in [6.07, 6.45) is 4.07. The van der Waals surface area contributed by atoms with E-state index in [0.717, 1.165) is 29.5 Å². The number of nitrogens with one attached hydrogen (secondary N) is 1. The highest BCUT2D eigenvalue weighted by Crippen LogP contribution is 2.42. The highest BCUT2D eigenvalue weighted by Gasteiger charge is 2.45. The van der Waals surface area contributed by atoms with E-state index in [0.29, 0.717) is 55.5 Å². The van der Waals surface area contributed by atoms with Crippen LogP contribution in [0, 0.1) is 11.8 Å². The summed E-state index contributed by atoms with van der Waals surface area (Å²) in [6.45, 7) is 0.717. The van der Waals surface area contributed by atoms with Gasteiger partial charge in [-0.05, 0) is 55.0 Å². The first-order chi connectivity index (χ1) is 23.4.